The summed E-state index contributed by atoms with van der Waals surface area (Å²) in [7, 11) is -3.54. The van der Waals surface area contributed by atoms with Gasteiger partial charge in [-0.2, -0.15) is 4.31 Å². The van der Waals surface area contributed by atoms with Crippen LogP contribution in [-0.4, -0.2) is 54.8 Å². The molecule has 6 nitrogen and oxygen atoms in total. The normalized spacial score (nSPS) is 25.2. The molecule has 0 radical (unpaired) electrons. The summed E-state index contributed by atoms with van der Waals surface area (Å²) in [5.74, 6) is 0.0841. The molecule has 0 bridgehead atoms. The van der Waals surface area contributed by atoms with Crippen LogP contribution in [0.15, 0.2) is 23.2 Å². The average molecular weight is 310 g/mol. The molecule has 2 N–H and O–H groups in total. The Labute approximate surface area is 126 Å². The van der Waals surface area contributed by atoms with E-state index in [4.69, 9.17) is 5.73 Å². The van der Waals surface area contributed by atoms with Crippen LogP contribution in [0, 0.1) is 0 Å². The van der Waals surface area contributed by atoms with Crippen LogP contribution in [0.4, 0.5) is 5.82 Å². The molecule has 21 heavy (non-hydrogen) atoms. The first-order valence-corrected chi connectivity index (χ1v) is 8.98. The van der Waals surface area contributed by atoms with E-state index in [1.807, 2.05) is 0 Å². The predicted molar refractivity (Wildman–Crippen MR) is 81.2 cm³/mol. The molecule has 1 aromatic heterocycles. The fourth-order valence-electron chi connectivity index (χ4n) is 3.30. The van der Waals surface area contributed by atoms with E-state index < -0.39 is 10.0 Å². The van der Waals surface area contributed by atoms with Crippen molar-refractivity contribution in [3.63, 3.8) is 0 Å². The summed E-state index contributed by atoms with van der Waals surface area (Å²) in [5, 5.41) is 0. The maximum absolute atomic E-state index is 12.8. The van der Waals surface area contributed by atoms with Crippen molar-refractivity contribution in [3.8, 4) is 0 Å². The van der Waals surface area contributed by atoms with Crippen LogP contribution in [0.5, 0.6) is 0 Å². The van der Waals surface area contributed by atoms with Gasteiger partial charge in [-0.05, 0) is 50.9 Å². The summed E-state index contributed by atoms with van der Waals surface area (Å²) in [6.07, 6.45) is 5.93. The van der Waals surface area contributed by atoms with Crippen molar-refractivity contribution in [1.29, 1.82) is 0 Å². The number of pyridine rings is 1. The summed E-state index contributed by atoms with van der Waals surface area (Å²) in [6.45, 7) is 3.32. The minimum atomic E-state index is -3.54. The van der Waals surface area contributed by atoms with E-state index in [0.29, 0.717) is 19.1 Å². The number of aromatic nitrogens is 1. The average Bonchev–Trinajstić information content (AvgIpc) is 3.02. The molecule has 3 heterocycles. The largest absolute Gasteiger partial charge is 0.383 e. The molecule has 116 valence electrons. The van der Waals surface area contributed by atoms with Crippen molar-refractivity contribution >= 4 is 15.8 Å². The minimum Gasteiger partial charge on any atom is -0.383 e. The highest BCUT2D eigenvalue weighted by Crippen LogP contribution is 2.26. The van der Waals surface area contributed by atoms with Gasteiger partial charge in [0.2, 0.25) is 10.0 Å². The lowest BCUT2D eigenvalue weighted by atomic mass is 10.1. The minimum absolute atomic E-state index is 0.0841. The molecule has 2 fully saturated rings. The molecule has 0 aliphatic carbocycles. The highest BCUT2D eigenvalue weighted by Gasteiger charge is 2.34. The summed E-state index contributed by atoms with van der Waals surface area (Å²) < 4.78 is 27.1. The summed E-state index contributed by atoms with van der Waals surface area (Å²) in [6, 6.07) is 3.50. The zero-order valence-electron chi connectivity index (χ0n) is 12.1. The quantitative estimate of drug-likeness (QED) is 0.898. The maximum Gasteiger partial charge on any atom is 0.246 e. The molecule has 0 spiro atoms. The molecule has 1 aromatic rings. The van der Waals surface area contributed by atoms with Crippen molar-refractivity contribution < 1.29 is 8.42 Å². The van der Waals surface area contributed by atoms with Gasteiger partial charge in [-0.3, -0.25) is 4.90 Å². The third kappa shape index (κ3) is 2.90. The number of rotatable bonds is 3. The van der Waals surface area contributed by atoms with E-state index in [2.05, 4.69) is 9.88 Å². The number of nitrogens with zero attached hydrogens (tertiary/aromatic N) is 3. The van der Waals surface area contributed by atoms with E-state index in [1.54, 1.807) is 10.4 Å². The molecule has 0 aromatic carbocycles. The second kappa shape index (κ2) is 5.90. The Kier molecular flexibility index (Phi) is 4.14. The van der Waals surface area contributed by atoms with Crippen LogP contribution >= 0.6 is 0 Å². The molecule has 1 atom stereocenters. The molecule has 0 saturated carbocycles. The Bertz CT molecular complexity index is 599. The van der Waals surface area contributed by atoms with Crippen LogP contribution in [-0.2, 0) is 10.0 Å². The molecule has 2 saturated heterocycles. The third-order valence-corrected chi connectivity index (χ3v) is 6.35. The monoisotopic (exact) mass is 310 g/mol. The topological polar surface area (TPSA) is 79.5 Å². The number of sulfonamides is 1. The van der Waals surface area contributed by atoms with Gasteiger partial charge in [0, 0.05) is 25.3 Å². The Balaban J connectivity index is 1.80. The van der Waals surface area contributed by atoms with Crippen molar-refractivity contribution in [3.05, 3.63) is 18.3 Å². The number of likely N-dealkylation sites (tertiary alicyclic amines) is 1. The number of nitrogen functional groups attached to an aromatic ring is 1. The first kappa shape index (κ1) is 14.7. The first-order valence-electron chi connectivity index (χ1n) is 7.54. The predicted octanol–water partition coefficient (Wildman–Crippen LogP) is 0.913. The van der Waals surface area contributed by atoms with E-state index >= 15 is 0 Å². The molecule has 2 aliphatic rings. The lowest BCUT2D eigenvalue weighted by Crippen LogP contribution is -2.48. The summed E-state index contributed by atoms with van der Waals surface area (Å²) in [5.41, 5.74) is 5.74. The zero-order chi connectivity index (χ0) is 14.9. The number of piperidine rings is 1. The van der Waals surface area contributed by atoms with Gasteiger partial charge in [0.05, 0.1) is 0 Å². The van der Waals surface area contributed by atoms with Crippen molar-refractivity contribution in [2.75, 3.05) is 31.9 Å². The van der Waals surface area contributed by atoms with E-state index in [-0.39, 0.29) is 10.7 Å². The fourth-order valence-corrected chi connectivity index (χ4v) is 4.89. The Morgan fingerprint density at radius 3 is 2.67 bits per heavy atom. The lowest BCUT2D eigenvalue weighted by molar-refractivity contribution is 0.162. The lowest BCUT2D eigenvalue weighted by Gasteiger charge is -2.36. The van der Waals surface area contributed by atoms with Crippen LogP contribution in [0.3, 0.4) is 0 Å². The number of nitrogens with two attached hydrogens (primary N) is 1. The van der Waals surface area contributed by atoms with E-state index in [9.17, 15) is 8.42 Å². The van der Waals surface area contributed by atoms with Gasteiger partial charge in [-0.1, -0.05) is 0 Å². The SMILES string of the molecule is Nc1ncccc1S(=O)(=O)N1CCCC(N2CCCC2)C1. The molecular weight excluding hydrogens is 288 g/mol. The summed E-state index contributed by atoms with van der Waals surface area (Å²) >= 11 is 0. The Hall–Kier alpha value is -1.18. The van der Waals surface area contributed by atoms with Gasteiger partial charge in [0.25, 0.3) is 0 Å². The van der Waals surface area contributed by atoms with Gasteiger partial charge < -0.3 is 5.73 Å². The highest BCUT2D eigenvalue weighted by atomic mass is 32.2. The fraction of sp³-hybridized carbons (Fsp3) is 0.643. The van der Waals surface area contributed by atoms with Gasteiger partial charge in [-0.25, -0.2) is 13.4 Å². The molecular formula is C14H22N4O2S. The van der Waals surface area contributed by atoms with Gasteiger partial charge >= 0.3 is 0 Å². The van der Waals surface area contributed by atoms with E-state index in [0.717, 1.165) is 25.9 Å². The van der Waals surface area contributed by atoms with Crippen LogP contribution in [0.25, 0.3) is 0 Å². The van der Waals surface area contributed by atoms with Crippen LogP contribution in [0.2, 0.25) is 0 Å². The van der Waals surface area contributed by atoms with Crippen molar-refractivity contribution in [1.82, 2.24) is 14.2 Å². The van der Waals surface area contributed by atoms with Crippen molar-refractivity contribution in [2.24, 2.45) is 0 Å². The number of hydrogen-bond acceptors (Lipinski definition) is 5. The highest BCUT2D eigenvalue weighted by molar-refractivity contribution is 7.89. The molecule has 7 heteroatoms. The zero-order valence-corrected chi connectivity index (χ0v) is 12.9. The Morgan fingerprint density at radius 2 is 1.95 bits per heavy atom. The second-order valence-corrected chi connectivity index (χ2v) is 7.70. The summed E-state index contributed by atoms with van der Waals surface area (Å²) in [4.78, 5) is 6.45. The van der Waals surface area contributed by atoms with Crippen LogP contribution < -0.4 is 5.73 Å². The smallest absolute Gasteiger partial charge is 0.246 e. The molecule has 0 amide bonds. The number of anilines is 1. The van der Waals surface area contributed by atoms with Crippen molar-refractivity contribution in [2.45, 2.75) is 36.6 Å². The van der Waals surface area contributed by atoms with Gasteiger partial charge in [0.1, 0.15) is 10.7 Å². The van der Waals surface area contributed by atoms with E-state index in [1.165, 1.54) is 25.1 Å². The first-order chi connectivity index (χ1) is 10.1. The number of hydrogen-bond donors (Lipinski definition) is 1. The van der Waals surface area contributed by atoms with Gasteiger partial charge in [-0.15, -0.1) is 0 Å². The molecule has 3 rings (SSSR count). The standard InChI is InChI=1S/C14H22N4O2S/c15-14-13(6-3-7-16-14)21(19,20)18-10-4-5-12(11-18)17-8-1-2-9-17/h3,6-7,12H,1-2,4-5,8-11H2,(H2,15,16). The maximum atomic E-state index is 12.8. The third-order valence-electron chi connectivity index (χ3n) is 4.43. The molecule has 1 unspecified atom stereocenters. The van der Waals surface area contributed by atoms with Gasteiger partial charge in [0.15, 0.2) is 0 Å². The van der Waals surface area contributed by atoms with Crippen LogP contribution in [0.1, 0.15) is 25.7 Å². The second-order valence-electron chi connectivity index (χ2n) is 5.79. The Morgan fingerprint density at radius 1 is 1.19 bits per heavy atom. The molecule has 2 aliphatic heterocycles.